The molecule has 0 aliphatic heterocycles. The minimum absolute atomic E-state index is 0.325. The molecule has 0 bridgehead atoms. The van der Waals surface area contributed by atoms with E-state index in [-0.39, 0.29) is 11.2 Å². The van der Waals surface area contributed by atoms with Crippen molar-refractivity contribution < 1.29 is 9.13 Å². The lowest BCUT2D eigenvalue weighted by Gasteiger charge is -2.13. The van der Waals surface area contributed by atoms with E-state index < -0.39 is 0 Å². The summed E-state index contributed by atoms with van der Waals surface area (Å²) in [6.07, 6.45) is 1.68. The molecule has 0 radical (unpaired) electrons. The van der Waals surface area contributed by atoms with Crippen LogP contribution in [0.2, 0.25) is 0 Å². The van der Waals surface area contributed by atoms with Crippen LogP contribution in [0.3, 0.4) is 0 Å². The van der Waals surface area contributed by atoms with Crippen molar-refractivity contribution in [3.8, 4) is 11.4 Å². The van der Waals surface area contributed by atoms with E-state index in [4.69, 9.17) is 16.3 Å². The lowest BCUT2D eigenvalue weighted by atomic mass is 10.2. The van der Waals surface area contributed by atoms with Gasteiger partial charge < -0.3 is 4.74 Å². The highest BCUT2D eigenvalue weighted by atomic mass is 35.5. The quantitative estimate of drug-likeness (QED) is 0.690. The number of methoxy groups -OCH3 is 1. The molecule has 3 aromatic rings. The fourth-order valence-corrected chi connectivity index (χ4v) is 2.42. The first-order chi connectivity index (χ1) is 10.1. The smallest absolute Gasteiger partial charge is 0.164 e. The van der Waals surface area contributed by atoms with Gasteiger partial charge in [-0.3, -0.25) is 4.57 Å². The molecule has 0 aliphatic rings. The molecule has 0 saturated heterocycles. The predicted octanol–water partition coefficient (Wildman–Crippen LogP) is 3.87. The molecular weight excluding hydrogens is 293 g/mol. The lowest BCUT2D eigenvalue weighted by molar-refractivity contribution is 0.409. The molecule has 108 valence electrons. The predicted molar refractivity (Wildman–Crippen MR) is 79.6 cm³/mol. The van der Waals surface area contributed by atoms with E-state index in [0.717, 1.165) is 5.52 Å². The molecule has 2 aromatic heterocycles. The molecular formula is C15H13ClFN3O. The van der Waals surface area contributed by atoms with Gasteiger partial charge >= 0.3 is 0 Å². The van der Waals surface area contributed by atoms with E-state index in [0.29, 0.717) is 22.9 Å². The molecule has 4 nitrogen and oxygen atoms in total. The average Bonchev–Trinajstić information content (AvgIpc) is 2.86. The Morgan fingerprint density at radius 1 is 1.33 bits per heavy atom. The number of hydrogen-bond acceptors (Lipinski definition) is 3. The van der Waals surface area contributed by atoms with Crippen LogP contribution in [-0.4, -0.2) is 21.6 Å². The molecule has 3 rings (SSSR count). The summed E-state index contributed by atoms with van der Waals surface area (Å²) in [7, 11) is 1.49. The Balaban J connectivity index is 2.36. The fraction of sp³-hybridized carbons (Fsp3) is 0.200. The number of alkyl halides is 1. The number of aromatic nitrogens is 3. The third kappa shape index (κ3) is 2.34. The van der Waals surface area contributed by atoms with Crippen molar-refractivity contribution in [1.29, 1.82) is 0 Å². The van der Waals surface area contributed by atoms with Gasteiger partial charge in [0, 0.05) is 12.3 Å². The van der Waals surface area contributed by atoms with Crippen LogP contribution in [0.5, 0.6) is 5.75 Å². The van der Waals surface area contributed by atoms with Gasteiger partial charge in [0.2, 0.25) is 0 Å². The Bertz CT molecular complexity index is 801. The van der Waals surface area contributed by atoms with Crippen LogP contribution >= 0.6 is 11.6 Å². The molecule has 0 N–H and O–H groups in total. The molecule has 6 heteroatoms. The van der Waals surface area contributed by atoms with Gasteiger partial charge in [0.05, 0.1) is 18.2 Å². The SMILES string of the molecule is COc1cc(F)ccc1-n1c(C(C)Cl)nc2cccnc21. The maximum atomic E-state index is 13.4. The highest BCUT2D eigenvalue weighted by molar-refractivity contribution is 6.20. The number of benzene rings is 1. The number of rotatable bonds is 3. The Kier molecular flexibility index (Phi) is 3.51. The lowest BCUT2D eigenvalue weighted by Crippen LogP contribution is -2.05. The van der Waals surface area contributed by atoms with Crippen LogP contribution in [0.1, 0.15) is 18.1 Å². The summed E-state index contributed by atoms with van der Waals surface area (Å²) in [5.41, 5.74) is 2.04. The second-order valence-corrected chi connectivity index (χ2v) is 5.24. The average molecular weight is 306 g/mol. The maximum Gasteiger partial charge on any atom is 0.164 e. The number of ether oxygens (including phenoxy) is 1. The first kappa shape index (κ1) is 13.8. The molecule has 1 unspecified atom stereocenters. The van der Waals surface area contributed by atoms with E-state index in [1.54, 1.807) is 16.8 Å². The van der Waals surface area contributed by atoms with E-state index in [2.05, 4.69) is 9.97 Å². The fourth-order valence-electron chi connectivity index (χ4n) is 2.27. The number of pyridine rings is 1. The number of hydrogen-bond donors (Lipinski definition) is 0. The Morgan fingerprint density at radius 2 is 2.14 bits per heavy atom. The number of imidazole rings is 1. The normalized spacial score (nSPS) is 12.6. The van der Waals surface area contributed by atoms with Crippen LogP contribution < -0.4 is 4.74 Å². The van der Waals surface area contributed by atoms with Crippen LogP contribution in [-0.2, 0) is 0 Å². The summed E-state index contributed by atoms with van der Waals surface area (Å²) < 4.78 is 20.5. The zero-order chi connectivity index (χ0) is 15.0. The Morgan fingerprint density at radius 3 is 2.86 bits per heavy atom. The monoisotopic (exact) mass is 305 g/mol. The van der Waals surface area contributed by atoms with Gasteiger partial charge in [-0.05, 0) is 31.2 Å². The van der Waals surface area contributed by atoms with Crippen molar-refractivity contribution in [2.75, 3.05) is 7.11 Å². The summed E-state index contributed by atoms with van der Waals surface area (Å²) in [4.78, 5) is 8.86. The van der Waals surface area contributed by atoms with E-state index in [1.165, 1.54) is 19.2 Å². The van der Waals surface area contributed by atoms with Gasteiger partial charge in [0.25, 0.3) is 0 Å². The molecule has 1 atom stereocenters. The largest absolute Gasteiger partial charge is 0.494 e. The van der Waals surface area contributed by atoms with Crippen molar-refractivity contribution in [1.82, 2.24) is 14.5 Å². The topological polar surface area (TPSA) is 39.9 Å². The molecule has 0 saturated carbocycles. The van der Waals surface area contributed by atoms with Gasteiger partial charge in [-0.25, -0.2) is 14.4 Å². The molecule has 2 heterocycles. The first-order valence-corrected chi connectivity index (χ1v) is 6.87. The molecule has 0 fully saturated rings. The van der Waals surface area contributed by atoms with E-state index in [1.807, 2.05) is 19.1 Å². The third-order valence-electron chi connectivity index (χ3n) is 3.18. The van der Waals surface area contributed by atoms with Crippen molar-refractivity contribution in [2.24, 2.45) is 0 Å². The number of fused-ring (bicyclic) bond motifs is 1. The Hall–Kier alpha value is -2.14. The summed E-state index contributed by atoms with van der Waals surface area (Å²) in [5.74, 6) is 0.669. The molecule has 0 amide bonds. The zero-order valence-electron chi connectivity index (χ0n) is 11.5. The van der Waals surface area contributed by atoms with Gasteiger partial charge in [0.15, 0.2) is 5.65 Å². The van der Waals surface area contributed by atoms with Gasteiger partial charge in [-0.1, -0.05) is 0 Å². The summed E-state index contributed by atoms with van der Waals surface area (Å²) in [6.45, 7) is 1.83. The van der Waals surface area contributed by atoms with Gasteiger partial charge in [-0.15, -0.1) is 11.6 Å². The number of halogens is 2. The summed E-state index contributed by atoms with van der Waals surface area (Å²) in [5, 5.41) is -0.325. The molecule has 21 heavy (non-hydrogen) atoms. The van der Waals surface area contributed by atoms with Crippen molar-refractivity contribution >= 4 is 22.8 Å². The van der Waals surface area contributed by atoms with E-state index in [9.17, 15) is 4.39 Å². The van der Waals surface area contributed by atoms with Crippen molar-refractivity contribution in [2.45, 2.75) is 12.3 Å². The summed E-state index contributed by atoms with van der Waals surface area (Å²) >= 11 is 6.23. The third-order valence-corrected chi connectivity index (χ3v) is 3.38. The molecule has 0 spiro atoms. The number of nitrogens with zero attached hydrogens (tertiary/aromatic N) is 3. The minimum atomic E-state index is -0.367. The first-order valence-electron chi connectivity index (χ1n) is 6.43. The van der Waals surface area contributed by atoms with Crippen molar-refractivity contribution in [3.63, 3.8) is 0 Å². The van der Waals surface area contributed by atoms with Gasteiger partial charge in [0.1, 0.15) is 22.9 Å². The van der Waals surface area contributed by atoms with Crippen molar-refractivity contribution in [3.05, 3.63) is 48.2 Å². The van der Waals surface area contributed by atoms with Crippen LogP contribution in [0.25, 0.3) is 16.9 Å². The molecule has 0 aliphatic carbocycles. The van der Waals surface area contributed by atoms with E-state index >= 15 is 0 Å². The minimum Gasteiger partial charge on any atom is -0.494 e. The second-order valence-electron chi connectivity index (χ2n) is 4.58. The van der Waals surface area contributed by atoms with Crippen LogP contribution in [0.4, 0.5) is 4.39 Å². The molecule has 1 aromatic carbocycles. The maximum absolute atomic E-state index is 13.4. The zero-order valence-corrected chi connectivity index (χ0v) is 12.3. The van der Waals surface area contributed by atoms with Gasteiger partial charge in [-0.2, -0.15) is 0 Å². The standard InChI is InChI=1S/C15H13ClFN3O/c1-9(16)14-19-11-4-3-7-18-15(11)20(14)12-6-5-10(17)8-13(12)21-2/h3-9H,1-2H3. The Labute approximate surface area is 126 Å². The summed E-state index contributed by atoms with van der Waals surface area (Å²) in [6, 6.07) is 8.00. The highest BCUT2D eigenvalue weighted by Crippen LogP contribution is 2.32. The van der Waals surface area contributed by atoms with Crippen LogP contribution in [0, 0.1) is 5.82 Å². The highest BCUT2D eigenvalue weighted by Gasteiger charge is 2.19. The van der Waals surface area contributed by atoms with Crippen LogP contribution in [0.15, 0.2) is 36.5 Å². The second kappa shape index (κ2) is 5.33.